The van der Waals surface area contributed by atoms with Crippen molar-refractivity contribution in [2.45, 2.75) is 36.2 Å². The Labute approximate surface area is 208 Å². The SMILES string of the molecule is CCc1cc2ccc(Cl)cc2c(-c2ccc(S(=O)c3ccccc3C(F)(F)F)cc2)c1C.O=CO. The zero-order chi connectivity index (χ0) is 25.8. The Bertz CT molecular complexity index is 1380. The highest BCUT2D eigenvalue weighted by Gasteiger charge is 2.34. The molecule has 0 bridgehead atoms. The van der Waals surface area contributed by atoms with Crippen LogP contribution in [0.1, 0.15) is 23.6 Å². The maximum Gasteiger partial charge on any atom is 0.417 e. The highest BCUT2D eigenvalue weighted by molar-refractivity contribution is 7.85. The molecule has 1 unspecified atom stereocenters. The molecule has 0 aliphatic heterocycles. The molecule has 1 atom stereocenters. The highest BCUT2D eigenvalue weighted by Crippen LogP contribution is 2.38. The second-order valence-corrected chi connectivity index (χ2v) is 9.53. The van der Waals surface area contributed by atoms with E-state index in [0.29, 0.717) is 9.92 Å². The minimum absolute atomic E-state index is 0.242. The maximum absolute atomic E-state index is 13.4. The predicted molar refractivity (Wildman–Crippen MR) is 133 cm³/mol. The summed E-state index contributed by atoms with van der Waals surface area (Å²) in [5.41, 5.74) is 3.37. The number of rotatable bonds is 4. The molecule has 0 aromatic heterocycles. The van der Waals surface area contributed by atoms with Gasteiger partial charge in [0.2, 0.25) is 0 Å². The molecule has 3 nitrogen and oxygen atoms in total. The van der Waals surface area contributed by atoms with Crippen LogP contribution in [0.15, 0.2) is 82.6 Å². The van der Waals surface area contributed by atoms with E-state index in [-0.39, 0.29) is 11.4 Å². The summed E-state index contributed by atoms with van der Waals surface area (Å²) < 4.78 is 53.1. The standard InChI is InChI=1S/C26H20ClF3OS.CH2O2/c1-3-17-14-19-8-11-20(27)15-22(19)25(16(17)2)18-9-12-21(13-10-18)32(31)24-7-5-4-6-23(24)26(28,29)30;2-1-3/h4-15H,3H2,1-2H3;1H,(H,2,3). The minimum atomic E-state index is -4.57. The van der Waals surface area contributed by atoms with Gasteiger partial charge in [0, 0.05) is 9.92 Å². The lowest BCUT2D eigenvalue weighted by Crippen LogP contribution is -2.10. The molecule has 35 heavy (non-hydrogen) atoms. The van der Waals surface area contributed by atoms with Gasteiger partial charge in [0.1, 0.15) is 0 Å². The number of aryl methyl sites for hydroxylation is 1. The number of hydrogen-bond acceptors (Lipinski definition) is 2. The van der Waals surface area contributed by atoms with Crippen molar-refractivity contribution in [2.24, 2.45) is 0 Å². The van der Waals surface area contributed by atoms with Crippen molar-refractivity contribution >= 4 is 39.6 Å². The summed E-state index contributed by atoms with van der Waals surface area (Å²) in [7, 11) is -1.95. The molecule has 0 heterocycles. The van der Waals surface area contributed by atoms with Crippen LogP contribution in [0.2, 0.25) is 5.02 Å². The van der Waals surface area contributed by atoms with Gasteiger partial charge in [0.15, 0.2) is 0 Å². The van der Waals surface area contributed by atoms with Gasteiger partial charge in [-0.1, -0.05) is 54.9 Å². The Kier molecular flexibility index (Phi) is 8.35. The molecule has 182 valence electrons. The second kappa shape index (κ2) is 11.1. The molecule has 0 radical (unpaired) electrons. The van der Waals surface area contributed by atoms with Crippen LogP contribution >= 0.6 is 11.6 Å². The van der Waals surface area contributed by atoms with Gasteiger partial charge in [0.05, 0.1) is 21.3 Å². The molecule has 0 aliphatic rings. The summed E-state index contributed by atoms with van der Waals surface area (Å²) in [6.07, 6.45) is -3.70. The number of carbonyl (C=O) groups is 1. The Morgan fingerprint density at radius 1 is 1.00 bits per heavy atom. The average molecular weight is 519 g/mol. The van der Waals surface area contributed by atoms with Crippen LogP contribution in [0.5, 0.6) is 0 Å². The Hall–Kier alpha value is -3.16. The summed E-state index contributed by atoms with van der Waals surface area (Å²) in [5.74, 6) is 0. The van der Waals surface area contributed by atoms with Crippen LogP contribution in [-0.2, 0) is 28.2 Å². The molecule has 0 amide bonds. The Balaban J connectivity index is 0.00000108. The summed E-state index contributed by atoms with van der Waals surface area (Å²) in [5, 5.41) is 9.59. The van der Waals surface area contributed by atoms with Gasteiger partial charge >= 0.3 is 6.18 Å². The normalized spacial score (nSPS) is 12.1. The quantitative estimate of drug-likeness (QED) is 0.279. The van der Waals surface area contributed by atoms with E-state index in [1.807, 2.05) is 30.3 Å². The first kappa shape index (κ1) is 26.4. The molecule has 8 heteroatoms. The number of carboxylic acid groups (broad SMARTS) is 1. The third-order valence-corrected chi connectivity index (χ3v) is 7.29. The number of alkyl halides is 3. The van der Waals surface area contributed by atoms with Gasteiger partial charge in [-0.3, -0.25) is 4.79 Å². The van der Waals surface area contributed by atoms with E-state index >= 15 is 0 Å². The van der Waals surface area contributed by atoms with Crippen molar-refractivity contribution in [1.29, 1.82) is 0 Å². The van der Waals surface area contributed by atoms with E-state index in [9.17, 15) is 17.4 Å². The van der Waals surface area contributed by atoms with E-state index in [4.69, 9.17) is 21.5 Å². The molecule has 4 rings (SSSR count). The topological polar surface area (TPSA) is 54.4 Å². The number of benzene rings is 4. The van der Waals surface area contributed by atoms with E-state index < -0.39 is 22.5 Å². The highest BCUT2D eigenvalue weighted by atomic mass is 35.5. The summed E-state index contributed by atoms with van der Waals surface area (Å²) in [6.45, 7) is 3.90. The fourth-order valence-electron chi connectivity index (χ4n) is 4.00. The van der Waals surface area contributed by atoms with Crippen molar-refractivity contribution in [3.63, 3.8) is 0 Å². The van der Waals surface area contributed by atoms with E-state index in [0.717, 1.165) is 39.9 Å². The molecule has 4 aromatic rings. The minimum Gasteiger partial charge on any atom is -0.483 e. The molecule has 0 fully saturated rings. The molecule has 0 spiro atoms. The van der Waals surface area contributed by atoms with Gasteiger partial charge in [-0.15, -0.1) is 0 Å². The van der Waals surface area contributed by atoms with Crippen molar-refractivity contribution in [2.75, 3.05) is 0 Å². The first-order valence-corrected chi connectivity index (χ1v) is 12.1. The zero-order valence-corrected chi connectivity index (χ0v) is 20.5. The van der Waals surface area contributed by atoms with Crippen molar-refractivity contribution in [3.05, 3.63) is 94.5 Å². The van der Waals surface area contributed by atoms with Gasteiger partial charge in [-0.2, -0.15) is 13.2 Å². The number of halogens is 4. The molecular weight excluding hydrogens is 497 g/mol. The Morgan fingerprint density at radius 2 is 1.63 bits per heavy atom. The molecule has 0 saturated carbocycles. The van der Waals surface area contributed by atoms with Crippen LogP contribution in [0.3, 0.4) is 0 Å². The van der Waals surface area contributed by atoms with Gasteiger partial charge in [0.25, 0.3) is 6.47 Å². The molecule has 0 saturated heterocycles. The first-order valence-electron chi connectivity index (χ1n) is 10.6. The van der Waals surface area contributed by atoms with E-state index in [2.05, 4.69) is 19.9 Å². The van der Waals surface area contributed by atoms with Crippen LogP contribution in [0.25, 0.3) is 21.9 Å². The van der Waals surface area contributed by atoms with Gasteiger partial charge in [-0.25, -0.2) is 4.21 Å². The van der Waals surface area contributed by atoms with E-state index in [1.165, 1.54) is 23.8 Å². The van der Waals surface area contributed by atoms with Crippen LogP contribution in [-0.4, -0.2) is 15.8 Å². The van der Waals surface area contributed by atoms with Gasteiger partial charge < -0.3 is 5.11 Å². The predicted octanol–water partition coefficient (Wildman–Crippen LogP) is 7.92. The molecule has 1 N–H and O–H groups in total. The van der Waals surface area contributed by atoms with Crippen molar-refractivity contribution in [1.82, 2.24) is 0 Å². The van der Waals surface area contributed by atoms with Crippen molar-refractivity contribution < 1.29 is 27.3 Å². The molecule has 0 aliphatic carbocycles. The first-order chi connectivity index (χ1) is 16.6. The summed E-state index contributed by atoms with van der Waals surface area (Å²) in [6, 6.07) is 19.8. The second-order valence-electron chi connectivity index (χ2n) is 7.65. The van der Waals surface area contributed by atoms with Crippen LogP contribution in [0, 0.1) is 6.92 Å². The third kappa shape index (κ3) is 5.74. The summed E-state index contributed by atoms with van der Waals surface area (Å²) in [4.78, 5) is 8.44. The number of fused-ring (bicyclic) bond motifs is 1. The zero-order valence-electron chi connectivity index (χ0n) is 18.9. The maximum atomic E-state index is 13.4. The lowest BCUT2D eigenvalue weighted by molar-refractivity contribution is -0.139. The summed E-state index contributed by atoms with van der Waals surface area (Å²) >= 11 is 6.26. The lowest BCUT2D eigenvalue weighted by atomic mass is 9.89. The van der Waals surface area contributed by atoms with Crippen LogP contribution < -0.4 is 0 Å². The fourth-order valence-corrected chi connectivity index (χ4v) is 5.40. The smallest absolute Gasteiger partial charge is 0.417 e. The largest absolute Gasteiger partial charge is 0.483 e. The lowest BCUT2D eigenvalue weighted by Gasteiger charge is -2.16. The Morgan fingerprint density at radius 3 is 2.23 bits per heavy atom. The third-order valence-electron chi connectivity index (χ3n) is 5.60. The van der Waals surface area contributed by atoms with E-state index in [1.54, 1.807) is 12.1 Å². The fraction of sp³-hybridized carbons (Fsp3) is 0.148. The van der Waals surface area contributed by atoms with Crippen LogP contribution in [0.4, 0.5) is 13.2 Å². The average Bonchev–Trinajstić information content (AvgIpc) is 2.83. The molecule has 4 aromatic carbocycles. The van der Waals surface area contributed by atoms with Crippen molar-refractivity contribution in [3.8, 4) is 11.1 Å². The van der Waals surface area contributed by atoms with Gasteiger partial charge in [-0.05, 0) is 82.8 Å². The number of hydrogen-bond donors (Lipinski definition) is 1. The molecular formula is C27H22ClF3O3S. The monoisotopic (exact) mass is 518 g/mol.